The zero-order valence-electron chi connectivity index (χ0n) is 8.88. The van der Waals surface area contributed by atoms with Crippen LogP contribution in [0.25, 0.3) is 0 Å². The van der Waals surface area contributed by atoms with E-state index in [4.69, 9.17) is 0 Å². The standard InChI is InChI=1S/C13H10BrNO2/c14-11-3-1-9(2-4-11)12(13(16)17)10-5-7-15-8-6-10/h1-8,12H,(H,16,17). The summed E-state index contributed by atoms with van der Waals surface area (Å²) in [6, 6.07) is 10.7. The highest BCUT2D eigenvalue weighted by atomic mass is 79.9. The van der Waals surface area contributed by atoms with E-state index in [0.717, 1.165) is 15.6 Å². The maximum atomic E-state index is 11.4. The third-order valence-corrected chi connectivity index (χ3v) is 3.02. The van der Waals surface area contributed by atoms with Crippen LogP contribution >= 0.6 is 15.9 Å². The van der Waals surface area contributed by atoms with Crippen molar-refractivity contribution < 1.29 is 9.90 Å². The minimum atomic E-state index is -0.862. The molecule has 0 radical (unpaired) electrons. The molecular formula is C13H10BrNO2. The zero-order chi connectivity index (χ0) is 12.3. The van der Waals surface area contributed by atoms with Crippen molar-refractivity contribution in [2.75, 3.05) is 0 Å². The fourth-order valence-corrected chi connectivity index (χ4v) is 1.95. The smallest absolute Gasteiger partial charge is 0.315 e. The van der Waals surface area contributed by atoms with E-state index in [1.54, 1.807) is 24.5 Å². The van der Waals surface area contributed by atoms with Gasteiger partial charge in [0.25, 0.3) is 0 Å². The largest absolute Gasteiger partial charge is 0.481 e. The molecule has 2 aromatic rings. The summed E-state index contributed by atoms with van der Waals surface area (Å²) in [5.41, 5.74) is 1.49. The Morgan fingerprint density at radius 1 is 1.06 bits per heavy atom. The van der Waals surface area contributed by atoms with Gasteiger partial charge >= 0.3 is 5.97 Å². The molecule has 0 aliphatic heterocycles. The SMILES string of the molecule is O=C(O)C(c1ccncc1)c1ccc(Br)cc1. The first kappa shape index (κ1) is 11.8. The number of rotatable bonds is 3. The number of halogens is 1. The van der Waals surface area contributed by atoms with E-state index >= 15 is 0 Å². The van der Waals surface area contributed by atoms with Crippen molar-refractivity contribution in [2.45, 2.75) is 5.92 Å². The number of hydrogen-bond acceptors (Lipinski definition) is 2. The highest BCUT2D eigenvalue weighted by molar-refractivity contribution is 9.10. The second-order valence-electron chi connectivity index (χ2n) is 3.60. The Kier molecular flexibility index (Phi) is 3.54. The van der Waals surface area contributed by atoms with E-state index in [1.807, 2.05) is 24.3 Å². The van der Waals surface area contributed by atoms with Gasteiger partial charge in [0.2, 0.25) is 0 Å². The van der Waals surface area contributed by atoms with Crippen LogP contribution in [-0.4, -0.2) is 16.1 Å². The summed E-state index contributed by atoms with van der Waals surface area (Å²) in [6.45, 7) is 0. The highest BCUT2D eigenvalue weighted by Crippen LogP contribution is 2.25. The van der Waals surface area contributed by atoms with Gasteiger partial charge in [0.15, 0.2) is 0 Å². The average Bonchev–Trinajstić information content (AvgIpc) is 2.33. The fraction of sp³-hybridized carbons (Fsp3) is 0.0769. The van der Waals surface area contributed by atoms with Crippen LogP contribution in [0.5, 0.6) is 0 Å². The van der Waals surface area contributed by atoms with Crippen molar-refractivity contribution >= 4 is 21.9 Å². The molecule has 86 valence electrons. The summed E-state index contributed by atoms with van der Waals surface area (Å²) in [5.74, 6) is -1.51. The molecule has 0 aliphatic carbocycles. The van der Waals surface area contributed by atoms with E-state index < -0.39 is 11.9 Å². The van der Waals surface area contributed by atoms with Gasteiger partial charge in [-0.05, 0) is 35.4 Å². The van der Waals surface area contributed by atoms with E-state index in [2.05, 4.69) is 20.9 Å². The summed E-state index contributed by atoms with van der Waals surface area (Å²) in [4.78, 5) is 15.2. The van der Waals surface area contributed by atoms with Gasteiger partial charge in [0.1, 0.15) is 5.92 Å². The van der Waals surface area contributed by atoms with E-state index in [9.17, 15) is 9.90 Å². The Balaban J connectivity index is 2.43. The van der Waals surface area contributed by atoms with Gasteiger partial charge in [-0.3, -0.25) is 9.78 Å². The first-order valence-corrected chi connectivity index (χ1v) is 5.86. The molecule has 17 heavy (non-hydrogen) atoms. The Morgan fingerprint density at radius 3 is 2.12 bits per heavy atom. The molecular weight excluding hydrogens is 282 g/mol. The van der Waals surface area contributed by atoms with Gasteiger partial charge < -0.3 is 5.11 Å². The first-order valence-electron chi connectivity index (χ1n) is 5.06. The number of nitrogens with zero attached hydrogens (tertiary/aromatic N) is 1. The number of hydrogen-bond donors (Lipinski definition) is 1. The fourth-order valence-electron chi connectivity index (χ4n) is 1.69. The Hall–Kier alpha value is -1.68. The average molecular weight is 292 g/mol. The molecule has 3 nitrogen and oxygen atoms in total. The lowest BCUT2D eigenvalue weighted by atomic mass is 9.92. The number of carbonyl (C=O) groups is 1. The monoisotopic (exact) mass is 291 g/mol. The van der Waals surface area contributed by atoms with E-state index in [-0.39, 0.29) is 0 Å². The summed E-state index contributed by atoms with van der Waals surface area (Å²) in [7, 11) is 0. The number of benzene rings is 1. The normalized spacial score (nSPS) is 12.1. The van der Waals surface area contributed by atoms with Gasteiger partial charge in [-0.15, -0.1) is 0 Å². The first-order chi connectivity index (χ1) is 8.18. The molecule has 4 heteroatoms. The molecule has 0 spiro atoms. The van der Waals surface area contributed by atoms with Crippen molar-refractivity contribution in [1.29, 1.82) is 0 Å². The summed E-state index contributed by atoms with van der Waals surface area (Å²) < 4.78 is 0.931. The van der Waals surface area contributed by atoms with Gasteiger partial charge in [-0.1, -0.05) is 28.1 Å². The van der Waals surface area contributed by atoms with Crippen molar-refractivity contribution in [3.8, 4) is 0 Å². The number of pyridine rings is 1. The molecule has 0 fully saturated rings. The van der Waals surface area contributed by atoms with E-state index in [0.29, 0.717) is 0 Å². The summed E-state index contributed by atoms with van der Waals surface area (Å²) in [5, 5.41) is 9.32. The molecule has 1 aromatic heterocycles. The van der Waals surface area contributed by atoms with Crippen LogP contribution in [0.3, 0.4) is 0 Å². The Morgan fingerprint density at radius 2 is 1.59 bits per heavy atom. The van der Waals surface area contributed by atoms with Gasteiger partial charge in [-0.2, -0.15) is 0 Å². The lowest BCUT2D eigenvalue weighted by molar-refractivity contribution is -0.137. The molecule has 1 unspecified atom stereocenters. The summed E-state index contributed by atoms with van der Waals surface area (Å²) >= 11 is 3.33. The number of carboxylic acid groups (broad SMARTS) is 1. The minimum Gasteiger partial charge on any atom is -0.481 e. The van der Waals surface area contributed by atoms with Crippen LogP contribution in [0, 0.1) is 0 Å². The molecule has 1 atom stereocenters. The van der Waals surface area contributed by atoms with Crippen LogP contribution in [0.2, 0.25) is 0 Å². The quantitative estimate of drug-likeness (QED) is 0.946. The molecule has 0 saturated carbocycles. The molecule has 0 aliphatic rings. The third-order valence-electron chi connectivity index (χ3n) is 2.49. The summed E-state index contributed by atoms with van der Waals surface area (Å²) in [6.07, 6.45) is 3.20. The molecule has 0 amide bonds. The van der Waals surface area contributed by atoms with Crippen LogP contribution in [-0.2, 0) is 4.79 Å². The third kappa shape index (κ3) is 2.71. The molecule has 0 bridgehead atoms. The Bertz CT molecular complexity index is 511. The van der Waals surface area contributed by atoms with Gasteiger partial charge in [0.05, 0.1) is 0 Å². The molecule has 2 rings (SSSR count). The number of aliphatic carboxylic acids is 1. The van der Waals surface area contributed by atoms with E-state index in [1.165, 1.54) is 0 Å². The molecule has 0 saturated heterocycles. The predicted octanol–water partition coefficient (Wildman–Crippen LogP) is 3.06. The van der Waals surface area contributed by atoms with Crippen LogP contribution in [0.15, 0.2) is 53.3 Å². The molecule has 1 aromatic carbocycles. The number of carboxylic acids is 1. The van der Waals surface area contributed by atoms with Crippen molar-refractivity contribution in [3.63, 3.8) is 0 Å². The number of aromatic nitrogens is 1. The zero-order valence-corrected chi connectivity index (χ0v) is 10.5. The Labute approximate surface area is 107 Å². The van der Waals surface area contributed by atoms with Crippen LogP contribution in [0.4, 0.5) is 0 Å². The van der Waals surface area contributed by atoms with Crippen molar-refractivity contribution in [2.24, 2.45) is 0 Å². The topological polar surface area (TPSA) is 50.2 Å². The second kappa shape index (κ2) is 5.10. The second-order valence-corrected chi connectivity index (χ2v) is 4.52. The van der Waals surface area contributed by atoms with Crippen molar-refractivity contribution in [3.05, 3.63) is 64.4 Å². The molecule has 1 N–H and O–H groups in total. The van der Waals surface area contributed by atoms with Crippen molar-refractivity contribution in [1.82, 2.24) is 4.98 Å². The maximum absolute atomic E-state index is 11.4. The lowest BCUT2D eigenvalue weighted by Crippen LogP contribution is -2.12. The lowest BCUT2D eigenvalue weighted by Gasteiger charge is -2.12. The highest BCUT2D eigenvalue weighted by Gasteiger charge is 2.21. The van der Waals surface area contributed by atoms with Crippen LogP contribution in [0.1, 0.15) is 17.0 Å². The van der Waals surface area contributed by atoms with Crippen LogP contribution < -0.4 is 0 Å². The van der Waals surface area contributed by atoms with Gasteiger partial charge in [0, 0.05) is 16.9 Å². The maximum Gasteiger partial charge on any atom is 0.315 e. The predicted molar refractivity (Wildman–Crippen MR) is 67.9 cm³/mol. The van der Waals surface area contributed by atoms with Gasteiger partial charge in [-0.25, -0.2) is 0 Å². The minimum absolute atomic E-state index is 0.647. The molecule has 1 heterocycles.